The summed E-state index contributed by atoms with van der Waals surface area (Å²) in [7, 11) is 0. The second-order valence-electron chi connectivity index (χ2n) is 9.43. The number of carbonyl (C=O) groups excluding carboxylic acids is 1. The lowest BCUT2D eigenvalue weighted by Crippen LogP contribution is -2.59. The van der Waals surface area contributed by atoms with Crippen molar-refractivity contribution in [3.05, 3.63) is 23.7 Å². The van der Waals surface area contributed by atoms with Crippen LogP contribution in [0.5, 0.6) is 0 Å². The molecule has 7 atom stereocenters. The molecule has 4 aliphatic carbocycles. The van der Waals surface area contributed by atoms with E-state index in [1.54, 1.807) is 6.26 Å². The van der Waals surface area contributed by atoms with Crippen molar-refractivity contribution in [3.8, 4) is 0 Å². The molecule has 1 spiro atoms. The van der Waals surface area contributed by atoms with Gasteiger partial charge in [0.15, 0.2) is 11.5 Å². The predicted octanol–water partition coefficient (Wildman–Crippen LogP) is 3.30. The van der Waals surface area contributed by atoms with Crippen LogP contribution in [0.2, 0.25) is 0 Å². The molecule has 4 bridgehead atoms. The van der Waals surface area contributed by atoms with Crippen LogP contribution in [0, 0.1) is 22.7 Å². The van der Waals surface area contributed by atoms with E-state index in [0.717, 1.165) is 24.8 Å². The van der Waals surface area contributed by atoms with E-state index in [9.17, 15) is 9.90 Å². The van der Waals surface area contributed by atoms with Gasteiger partial charge in [-0.25, -0.2) is 0 Å². The van der Waals surface area contributed by atoms with Gasteiger partial charge in [-0.2, -0.15) is 0 Å². The summed E-state index contributed by atoms with van der Waals surface area (Å²) in [5, 5.41) is 10.0. The number of fused-ring (bicyclic) bond motifs is 3. The molecule has 24 heavy (non-hydrogen) atoms. The highest BCUT2D eigenvalue weighted by Gasteiger charge is 2.74. The van der Waals surface area contributed by atoms with Gasteiger partial charge >= 0.3 is 0 Å². The molecule has 1 aromatic heterocycles. The van der Waals surface area contributed by atoms with Gasteiger partial charge in [-0.3, -0.25) is 4.79 Å². The Morgan fingerprint density at radius 3 is 3.08 bits per heavy atom. The highest BCUT2D eigenvalue weighted by Crippen LogP contribution is 2.76. The lowest BCUT2D eigenvalue weighted by atomic mass is 9.44. The van der Waals surface area contributed by atoms with Crippen LogP contribution in [0.25, 0.3) is 0 Å². The number of aliphatic hydroxyl groups excluding tert-OH is 1. The SMILES string of the molecule is CC12CC(=O)c3occc3C1CCC13CC4CC(OC4(CO)C1)C32. The molecule has 4 nitrogen and oxygen atoms in total. The number of ketones is 1. The summed E-state index contributed by atoms with van der Waals surface area (Å²) in [6, 6.07) is 2.02. The van der Waals surface area contributed by atoms with E-state index in [0.29, 0.717) is 29.9 Å². The molecular formula is C20H24O4. The van der Waals surface area contributed by atoms with Crippen molar-refractivity contribution in [1.82, 2.24) is 0 Å². The fraction of sp³-hybridized carbons (Fsp3) is 0.750. The number of rotatable bonds is 1. The molecule has 7 unspecified atom stereocenters. The summed E-state index contributed by atoms with van der Waals surface area (Å²) < 4.78 is 12.0. The van der Waals surface area contributed by atoms with Gasteiger partial charge in [-0.05, 0) is 66.8 Å². The van der Waals surface area contributed by atoms with Crippen LogP contribution in [-0.4, -0.2) is 29.2 Å². The van der Waals surface area contributed by atoms with E-state index in [4.69, 9.17) is 9.15 Å². The lowest BCUT2D eigenvalue weighted by Gasteiger charge is -2.62. The zero-order valence-corrected chi connectivity index (χ0v) is 14.1. The van der Waals surface area contributed by atoms with Gasteiger partial charge in [-0.1, -0.05) is 6.92 Å². The van der Waals surface area contributed by atoms with E-state index in [-0.39, 0.29) is 34.9 Å². The van der Waals surface area contributed by atoms with Crippen molar-refractivity contribution in [3.63, 3.8) is 0 Å². The topological polar surface area (TPSA) is 59.7 Å². The number of hydrogen-bond donors (Lipinski definition) is 1. The van der Waals surface area contributed by atoms with Gasteiger partial charge < -0.3 is 14.3 Å². The normalized spacial score (nSPS) is 53.8. The second-order valence-corrected chi connectivity index (χ2v) is 9.43. The number of furan rings is 1. The standard InChI is InChI=1S/C20H24O4/c1-18-8-14(22)16-12(3-5-23-16)13(18)2-4-19-7-11-6-15(17(18)19)24-20(11,9-19)10-21/h3,5,11,13,15,17,21H,2,4,6-10H2,1H3. The summed E-state index contributed by atoms with van der Waals surface area (Å²) in [5.41, 5.74) is 1.11. The summed E-state index contributed by atoms with van der Waals surface area (Å²) in [6.45, 7) is 2.49. The van der Waals surface area contributed by atoms with Gasteiger partial charge in [0.25, 0.3) is 0 Å². The first kappa shape index (κ1) is 14.1. The molecule has 6 aliphatic rings. The van der Waals surface area contributed by atoms with Crippen LogP contribution >= 0.6 is 0 Å². The summed E-state index contributed by atoms with van der Waals surface area (Å²) in [4.78, 5) is 12.7. The zero-order chi connectivity index (χ0) is 16.3. The Labute approximate surface area is 141 Å². The maximum Gasteiger partial charge on any atom is 0.198 e. The highest BCUT2D eigenvalue weighted by molar-refractivity contribution is 5.97. The van der Waals surface area contributed by atoms with Crippen LogP contribution in [0.1, 0.15) is 67.5 Å². The Bertz CT molecular complexity index is 753. The quantitative estimate of drug-likeness (QED) is 0.859. The molecular weight excluding hydrogens is 304 g/mol. The summed E-state index contributed by atoms with van der Waals surface area (Å²) in [6.07, 6.45) is 8.08. The average Bonchev–Trinajstić information content (AvgIpc) is 3.17. The molecule has 128 valence electrons. The van der Waals surface area contributed by atoms with E-state index >= 15 is 0 Å². The first-order chi connectivity index (χ1) is 11.5. The predicted molar refractivity (Wildman–Crippen MR) is 85.7 cm³/mol. The fourth-order valence-electron chi connectivity index (χ4n) is 8.05. The van der Waals surface area contributed by atoms with Crippen LogP contribution < -0.4 is 0 Å². The van der Waals surface area contributed by atoms with Crippen LogP contribution in [0.3, 0.4) is 0 Å². The molecule has 3 heterocycles. The molecule has 0 aromatic carbocycles. The molecule has 2 saturated heterocycles. The molecule has 7 rings (SSSR count). The number of ether oxygens (including phenoxy) is 1. The number of hydrogen-bond acceptors (Lipinski definition) is 4. The van der Waals surface area contributed by atoms with Crippen molar-refractivity contribution in [1.29, 1.82) is 0 Å². The summed E-state index contributed by atoms with van der Waals surface area (Å²) >= 11 is 0. The van der Waals surface area contributed by atoms with Gasteiger partial charge in [0.05, 0.1) is 24.6 Å². The molecule has 4 heteroatoms. The average molecular weight is 328 g/mol. The van der Waals surface area contributed by atoms with Crippen molar-refractivity contribution < 1.29 is 19.1 Å². The Hall–Kier alpha value is -1.13. The van der Waals surface area contributed by atoms with Crippen molar-refractivity contribution in [2.45, 2.75) is 63.1 Å². The maximum absolute atomic E-state index is 12.7. The Morgan fingerprint density at radius 1 is 1.42 bits per heavy atom. The Balaban J connectivity index is 1.50. The lowest BCUT2D eigenvalue weighted by molar-refractivity contribution is -0.205. The van der Waals surface area contributed by atoms with E-state index in [1.165, 1.54) is 12.8 Å². The van der Waals surface area contributed by atoms with Crippen LogP contribution in [-0.2, 0) is 4.74 Å². The van der Waals surface area contributed by atoms with E-state index in [2.05, 4.69) is 6.92 Å². The van der Waals surface area contributed by atoms with Crippen molar-refractivity contribution in [2.75, 3.05) is 6.61 Å². The fourth-order valence-corrected chi connectivity index (χ4v) is 8.05. The summed E-state index contributed by atoms with van der Waals surface area (Å²) in [5.74, 6) is 2.14. The van der Waals surface area contributed by atoms with Crippen molar-refractivity contribution >= 4 is 5.78 Å². The first-order valence-electron chi connectivity index (χ1n) is 9.41. The van der Waals surface area contributed by atoms with Crippen LogP contribution in [0.4, 0.5) is 0 Å². The minimum Gasteiger partial charge on any atom is -0.461 e. The third-order valence-corrected chi connectivity index (χ3v) is 8.55. The molecule has 2 aliphatic heterocycles. The van der Waals surface area contributed by atoms with Crippen molar-refractivity contribution in [2.24, 2.45) is 22.7 Å². The minimum absolute atomic E-state index is 0.0339. The third kappa shape index (κ3) is 1.32. The Kier molecular flexibility index (Phi) is 2.34. The first-order valence-corrected chi connectivity index (χ1v) is 9.41. The molecule has 1 N–H and O–H groups in total. The molecule has 5 fully saturated rings. The number of carbonyl (C=O) groups is 1. The zero-order valence-electron chi connectivity index (χ0n) is 14.1. The largest absolute Gasteiger partial charge is 0.461 e. The van der Waals surface area contributed by atoms with Gasteiger partial charge in [0, 0.05) is 12.0 Å². The second kappa shape index (κ2) is 3.99. The van der Waals surface area contributed by atoms with Gasteiger partial charge in [0.1, 0.15) is 0 Å². The van der Waals surface area contributed by atoms with Crippen LogP contribution in [0.15, 0.2) is 16.7 Å². The van der Waals surface area contributed by atoms with Gasteiger partial charge in [-0.15, -0.1) is 0 Å². The molecule has 0 amide bonds. The third-order valence-electron chi connectivity index (χ3n) is 8.55. The monoisotopic (exact) mass is 328 g/mol. The highest BCUT2D eigenvalue weighted by atomic mass is 16.5. The minimum atomic E-state index is -0.274. The molecule has 3 saturated carbocycles. The Morgan fingerprint density at radius 2 is 2.29 bits per heavy atom. The molecule has 0 radical (unpaired) electrons. The van der Waals surface area contributed by atoms with E-state index < -0.39 is 0 Å². The van der Waals surface area contributed by atoms with Gasteiger partial charge in [0.2, 0.25) is 0 Å². The maximum atomic E-state index is 12.7. The number of aliphatic hydroxyl groups is 1. The van der Waals surface area contributed by atoms with E-state index in [1.807, 2.05) is 6.07 Å². The molecule has 1 aromatic rings. The smallest absolute Gasteiger partial charge is 0.198 e. The number of Topliss-reactive ketones (excluding diaryl/α,β-unsaturated/α-hetero) is 1.